The van der Waals surface area contributed by atoms with Crippen LogP contribution in [0.5, 0.6) is 0 Å². The van der Waals surface area contributed by atoms with Crippen LogP contribution in [0.15, 0.2) is 24.8 Å². The molecule has 3 saturated carbocycles. The molecule has 0 aliphatic heterocycles. The van der Waals surface area contributed by atoms with Gasteiger partial charge in [-0.25, -0.2) is 8.78 Å². The van der Waals surface area contributed by atoms with Gasteiger partial charge in [-0.05, 0) is 124 Å². The van der Waals surface area contributed by atoms with Gasteiger partial charge in [-0.3, -0.25) is 0 Å². The number of hydrogen-bond donors (Lipinski definition) is 0. The Morgan fingerprint density at radius 2 is 1.42 bits per heavy atom. The Morgan fingerprint density at radius 1 is 0.818 bits per heavy atom. The molecule has 3 aliphatic carbocycles. The van der Waals surface area contributed by atoms with Crippen molar-refractivity contribution >= 4 is 0 Å². The molecule has 0 N–H and O–H groups in total. The molecule has 3 aliphatic rings. The van der Waals surface area contributed by atoms with E-state index in [0.717, 1.165) is 48.0 Å². The summed E-state index contributed by atoms with van der Waals surface area (Å²) in [7, 11) is 0. The molecule has 0 bridgehead atoms. The molecule has 3 fully saturated rings. The monoisotopic (exact) mass is 456 g/mol. The molecular formula is C31H46F2. The minimum Gasteiger partial charge on any atom is -0.207 e. The molecule has 184 valence electrons. The first-order valence-corrected chi connectivity index (χ1v) is 14.2. The molecular weight excluding hydrogens is 410 g/mol. The molecule has 1 aromatic rings. The zero-order chi connectivity index (χ0) is 23.2. The van der Waals surface area contributed by atoms with Gasteiger partial charge in [0.2, 0.25) is 0 Å². The number of hydrogen-bond acceptors (Lipinski definition) is 0. The lowest BCUT2D eigenvalue weighted by Gasteiger charge is -2.45. The molecule has 4 unspecified atom stereocenters. The SMILES string of the molecule is C=CCCc1c(F)cc(C2CCC(C3CCC4CC(CCCCC)CCC4C3)CC2)cc1F. The lowest BCUT2D eigenvalue weighted by atomic mass is 9.60. The van der Waals surface area contributed by atoms with Gasteiger partial charge in [-0.1, -0.05) is 45.1 Å². The summed E-state index contributed by atoms with van der Waals surface area (Å²) in [6.07, 6.45) is 21.9. The summed E-state index contributed by atoms with van der Waals surface area (Å²) >= 11 is 0. The number of allylic oxidation sites excluding steroid dienone is 1. The largest absolute Gasteiger partial charge is 0.207 e. The minimum atomic E-state index is -0.363. The van der Waals surface area contributed by atoms with Gasteiger partial charge in [0, 0.05) is 5.56 Å². The topological polar surface area (TPSA) is 0 Å². The van der Waals surface area contributed by atoms with Gasteiger partial charge in [0.25, 0.3) is 0 Å². The van der Waals surface area contributed by atoms with Crippen LogP contribution in [0.3, 0.4) is 0 Å². The number of halogens is 2. The van der Waals surface area contributed by atoms with Crippen molar-refractivity contribution in [1.82, 2.24) is 0 Å². The fourth-order valence-electron chi connectivity index (χ4n) is 7.66. The van der Waals surface area contributed by atoms with Crippen LogP contribution in [-0.4, -0.2) is 0 Å². The molecule has 0 spiro atoms. The Kier molecular flexibility index (Phi) is 9.05. The predicted molar refractivity (Wildman–Crippen MR) is 135 cm³/mol. The van der Waals surface area contributed by atoms with E-state index in [-0.39, 0.29) is 17.2 Å². The summed E-state index contributed by atoms with van der Waals surface area (Å²) in [6, 6.07) is 3.24. The van der Waals surface area contributed by atoms with E-state index in [1.165, 1.54) is 77.0 Å². The van der Waals surface area contributed by atoms with E-state index in [0.29, 0.717) is 18.8 Å². The van der Waals surface area contributed by atoms with Crippen LogP contribution >= 0.6 is 0 Å². The fourth-order valence-corrected chi connectivity index (χ4v) is 7.66. The Hall–Kier alpha value is -1.18. The Balaban J connectivity index is 1.26. The van der Waals surface area contributed by atoms with E-state index >= 15 is 0 Å². The van der Waals surface area contributed by atoms with Crippen molar-refractivity contribution in [3.05, 3.63) is 47.5 Å². The van der Waals surface area contributed by atoms with Gasteiger partial charge >= 0.3 is 0 Å². The summed E-state index contributed by atoms with van der Waals surface area (Å²) in [5.74, 6) is 4.33. The second-order valence-electron chi connectivity index (χ2n) is 11.7. The second kappa shape index (κ2) is 12.0. The molecule has 4 atom stereocenters. The summed E-state index contributed by atoms with van der Waals surface area (Å²) in [5.41, 5.74) is 1.11. The van der Waals surface area contributed by atoms with Gasteiger partial charge in [0.1, 0.15) is 11.6 Å². The Morgan fingerprint density at radius 3 is 2.09 bits per heavy atom. The molecule has 0 aromatic heterocycles. The first-order chi connectivity index (χ1) is 16.1. The van der Waals surface area contributed by atoms with Crippen LogP contribution in [-0.2, 0) is 6.42 Å². The van der Waals surface area contributed by atoms with Crippen molar-refractivity contribution in [2.24, 2.45) is 29.6 Å². The summed E-state index contributed by atoms with van der Waals surface area (Å²) < 4.78 is 29.1. The first-order valence-electron chi connectivity index (χ1n) is 14.2. The zero-order valence-electron chi connectivity index (χ0n) is 21.0. The van der Waals surface area contributed by atoms with E-state index in [9.17, 15) is 8.78 Å². The van der Waals surface area contributed by atoms with Crippen molar-refractivity contribution in [3.63, 3.8) is 0 Å². The average Bonchev–Trinajstić information content (AvgIpc) is 2.83. The highest BCUT2D eigenvalue weighted by atomic mass is 19.1. The average molecular weight is 457 g/mol. The van der Waals surface area contributed by atoms with E-state index in [2.05, 4.69) is 13.5 Å². The van der Waals surface area contributed by atoms with E-state index in [1.54, 1.807) is 18.2 Å². The fraction of sp³-hybridized carbons (Fsp3) is 0.742. The van der Waals surface area contributed by atoms with Crippen molar-refractivity contribution in [1.29, 1.82) is 0 Å². The van der Waals surface area contributed by atoms with Gasteiger partial charge < -0.3 is 0 Å². The van der Waals surface area contributed by atoms with Gasteiger partial charge in [-0.2, -0.15) is 0 Å². The van der Waals surface area contributed by atoms with Gasteiger partial charge in [0.05, 0.1) is 0 Å². The van der Waals surface area contributed by atoms with Crippen molar-refractivity contribution in [2.45, 2.75) is 116 Å². The van der Waals surface area contributed by atoms with Crippen molar-refractivity contribution < 1.29 is 8.78 Å². The summed E-state index contributed by atoms with van der Waals surface area (Å²) in [4.78, 5) is 0. The number of benzene rings is 1. The third kappa shape index (κ3) is 6.29. The van der Waals surface area contributed by atoms with Crippen LogP contribution in [0.1, 0.15) is 120 Å². The molecule has 0 amide bonds. The van der Waals surface area contributed by atoms with Crippen LogP contribution < -0.4 is 0 Å². The molecule has 4 rings (SSSR count). The standard InChI is InChI=1S/C31H46F2/c1-3-5-7-8-22-10-11-27-19-26(17-16-25(27)18-22)23-12-14-24(15-13-23)28-20-30(32)29(9-6-4-2)31(33)21-28/h4,20-27H,2-3,5-19H2,1H3. The van der Waals surface area contributed by atoms with Crippen LogP contribution in [0.4, 0.5) is 8.78 Å². The third-order valence-corrected chi connectivity index (χ3v) is 9.65. The molecule has 0 saturated heterocycles. The Labute approximate surface area is 201 Å². The second-order valence-corrected chi connectivity index (χ2v) is 11.7. The zero-order valence-corrected chi connectivity index (χ0v) is 21.0. The smallest absolute Gasteiger partial charge is 0.129 e. The lowest BCUT2D eigenvalue weighted by molar-refractivity contribution is 0.0613. The molecule has 33 heavy (non-hydrogen) atoms. The van der Waals surface area contributed by atoms with Gasteiger partial charge in [-0.15, -0.1) is 6.58 Å². The molecule has 1 aromatic carbocycles. The third-order valence-electron chi connectivity index (χ3n) is 9.65. The van der Waals surface area contributed by atoms with Crippen LogP contribution in [0.2, 0.25) is 0 Å². The lowest BCUT2D eigenvalue weighted by Crippen LogP contribution is -2.34. The molecule has 0 heterocycles. The number of rotatable bonds is 9. The van der Waals surface area contributed by atoms with Crippen LogP contribution in [0.25, 0.3) is 0 Å². The highest BCUT2D eigenvalue weighted by molar-refractivity contribution is 5.29. The minimum absolute atomic E-state index is 0.226. The van der Waals surface area contributed by atoms with Crippen molar-refractivity contribution in [2.75, 3.05) is 0 Å². The van der Waals surface area contributed by atoms with E-state index in [4.69, 9.17) is 0 Å². The van der Waals surface area contributed by atoms with E-state index < -0.39 is 0 Å². The van der Waals surface area contributed by atoms with Gasteiger partial charge in [0.15, 0.2) is 0 Å². The van der Waals surface area contributed by atoms with Crippen molar-refractivity contribution in [3.8, 4) is 0 Å². The molecule has 0 nitrogen and oxygen atoms in total. The highest BCUT2D eigenvalue weighted by Gasteiger charge is 2.38. The predicted octanol–water partition coefficient (Wildman–Crippen LogP) is 9.77. The normalized spacial score (nSPS) is 32.3. The molecule has 2 heteroatoms. The first kappa shape index (κ1) is 24.9. The maximum absolute atomic E-state index is 14.6. The molecule has 0 radical (unpaired) electrons. The Bertz CT molecular complexity index is 737. The quantitative estimate of drug-likeness (QED) is 0.256. The summed E-state index contributed by atoms with van der Waals surface area (Å²) in [5, 5.41) is 0. The maximum Gasteiger partial charge on any atom is 0.129 e. The number of fused-ring (bicyclic) bond motifs is 1. The van der Waals surface area contributed by atoms with Crippen LogP contribution in [0, 0.1) is 41.2 Å². The van der Waals surface area contributed by atoms with E-state index in [1.807, 2.05) is 0 Å². The highest BCUT2D eigenvalue weighted by Crippen LogP contribution is 2.50. The summed E-state index contributed by atoms with van der Waals surface area (Å²) in [6.45, 7) is 5.97. The number of unbranched alkanes of at least 4 members (excludes halogenated alkanes) is 2. The maximum atomic E-state index is 14.6.